The Morgan fingerprint density at radius 2 is 2.20 bits per heavy atom. The van der Waals surface area contributed by atoms with E-state index in [9.17, 15) is 9.90 Å². The zero-order valence-corrected chi connectivity index (χ0v) is 11.4. The average Bonchev–Trinajstić information content (AvgIpc) is 2.76. The number of phenols is 1. The molecular weight excluding hydrogens is 258 g/mol. The third kappa shape index (κ3) is 3.59. The molecule has 0 aromatic heterocycles. The summed E-state index contributed by atoms with van der Waals surface area (Å²) >= 11 is 0. The molecule has 1 aromatic rings. The minimum absolute atomic E-state index is 0.174. The maximum Gasteiger partial charge on any atom is 0.244 e. The van der Waals surface area contributed by atoms with Gasteiger partial charge in [0.2, 0.25) is 5.91 Å². The van der Waals surface area contributed by atoms with Crippen molar-refractivity contribution in [2.24, 2.45) is 0 Å². The summed E-state index contributed by atoms with van der Waals surface area (Å²) in [6.07, 6.45) is 3.29. The van der Waals surface area contributed by atoms with Crippen LogP contribution in [0.15, 0.2) is 30.3 Å². The number of rotatable bonds is 4. The summed E-state index contributed by atoms with van der Waals surface area (Å²) in [4.78, 5) is 11.7. The van der Waals surface area contributed by atoms with E-state index in [1.807, 2.05) is 0 Å². The van der Waals surface area contributed by atoms with Crippen LogP contribution in [0.5, 0.6) is 5.75 Å². The Kier molecular flexibility index (Phi) is 4.42. The first-order valence-electron chi connectivity index (χ1n) is 6.58. The lowest BCUT2D eigenvalue weighted by atomic mass is 9.97. The number of carbonyl (C=O) groups is 1. The first-order valence-corrected chi connectivity index (χ1v) is 6.58. The van der Waals surface area contributed by atoms with Gasteiger partial charge in [-0.15, -0.1) is 0 Å². The van der Waals surface area contributed by atoms with E-state index < -0.39 is 5.60 Å². The van der Waals surface area contributed by atoms with Crippen molar-refractivity contribution in [3.63, 3.8) is 0 Å². The van der Waals surface area contributed by atoms with Crippen LogP contribution in [0, 0.1) is 0 Å². The zero-order valence-electron chi connectivity index (χ0n) is 11.4. The molecule has 1 heterocycles. The largest absolute Gasteiger partial charge is 0.508 e. The number of aliphatic hydroxyl groups is 1. The van der Waals surface area contributed by atoms with Gasteiger partial charge in [-0.25, -0.2) is 0 Å². The standard InChI is InChI=1S/C15H19NO4/c1-11-15(19,8-9-20-11)10-16-14(18)7-4-12-2-5-13(17)6-3-12/h2-7,11,17,19H,8-10H2,1H3,(H,16,18)/b7-4+. The fraction of sp³-hybridized carbons (Fsp3) is 0.400. The van der Waals surface area contributed by atoms with E-state index in [1.165, 1.54) is 6.08 Å². The van der Waals surface area contributed by atoms with E-state index in [-0.39, 0.29) is 24.3 Å². The molecule has 108 valence electrons. The van der Waals surface area contributed by atoms with E-state index >= 15 is 0 Å². The molecule has 1 aliphatic heterocycles. The van der Waals surface area contributed by atoms with Gasteiger partial charge in [0.05, 0.1) is 6.10 Å². The van der Waals surface area contributed by atoms with Gasteiger partial charge in [-0.2, -0.15) is 0 Å². The summed E-state index contributed by atoms with van der Waals surface area (Å²) in [5.41, 5.74) is -0.170. The van der Waals surface area contributed by atoms with Gasteiger partial charge in [-0.3, -0.25) is 4.79 Å². The van der Waals surface area contributed by atoms with Crippen LogP contribution in [0.2, 0.25) is 0 Å². The number of amides is 1. The molecule has 0 spiro atoms. The van der Waals surface area contributed by atoms with Crippen molar-refractivity contribution in [3.05, 3.63) is 35.9 Å². The molecule has 0 saturated carbocycles. The molecule has 0 aliphatic carbocycles. The molecule has 5 heteroatoms. The van der Waals surface area contributed by atoms with Gasteiger partial charge in [0.1, 0.15) is 11.4 Å². The average molecular weight is 277 g/mol. The summed E-state index contributed by atoms with van der Waals surface area (Å²) in [7, 11) is 0. The summed E-state index contributed by atoms with van der Waals surface area (Å²) in [5, 5.41) is 22.1. The van der Waals surface area contributed by atoms with Gasteiger partial charge in [0.15, 0.2) is 0 Å². The van der Waals surface area contributed by atoms with E-state index in [0.717, 1.165) is 5.56 Å². The molecule has 2 unspecified atom stereocenters. The van der Waals surface area contributed by atoms with E-state index in [0.29, 0.717) is 13.0 Å². The van der Waals surface area contributed by atoms with Crippen molar-refractivity contribution in [1.29, 1.82) is 0 Å². The molecule has 2 atom stereocenters. The molecule has 1 amide bonds. The Morgan fingerprint density at radius 3 is 2.80 bits per heavy atom. The predicted molar refractivity (Wildman–Crippen MR) is 75.1 cm³/mol. The fourth-order valence-corrected chi connectivity index (χ4v) is 2.06. The van der Waals surface area contributed by atoms with Crippen LogP contribution in [0.3, 0.4) is 0 Å². The van der Waals surface area contributed by atoms with Crippen LogP contribution in [-0.2, 0) is 9.53 Å². The number of hydrogen-bond acceptors (Lipinski definition) is 4. The molecule has 20 heavy (non-hydrogen) atoms. The Morgan fingerprint density at radius 1 is 1.50 bits per heavy atom. The number of phenolic OH excluding ortho intramolecular Hbond substituents is 1. The highest BCUT2D eigenvalue weighted by molar-refractivity contribution is 5.91. The second-order valence-corrected chi connectivity index (χ2v) is 5.01. The summed E-state index contributed by atoms with van der Waals surface area (Å²) in [5.74, 6) is -0.0883. The van der Waals surface area contributed by atoms with E-state index in [2.05, 4.69) is 5.32 Å². The van der Waals surface area contributed by atoms with Crippen molar-refractivity contribution >= 4 is 12.0 Å². The first kappa shape index (κ1) is 14.6. The summed E-state index contributed by atoms with van der Waals surface area (Å²) in [6.45, 7) is 2.48. The maximum absolute atomic E-state index is 11.7. The summed E-state index contributed by atoms with van der Waals surface area (Å²) in [6, 6.07) is 6.52. The second kappa shape index (κ2) is 6.07. The topological polar surface area (TPSA) is 78.8 Å². The molecule has 1 aromatic carbocycles. The molecule has 3 N–H and O–H groups in total. The molecule has 5 nitrogen and oxygen atoms in total. The maximum atomic E-state index is 11.7. The molecule has 1 aliphatic rings. The van der Waals surface area contributed by atoms with Gasteiger partial charge in [-0.05, 0) is 30.7 Å². The van der Waals surface area contributed by atoms with Crippen molar-refractivity contribution in [2.45, 2.75) is 25.0 Å². The third-order valence-corrected chi connectivity index (χ3v) is 3.55. The molecular formula is C15H19NO4. The fourth-order valence-electron chi connectivity index (χ4n) is 2.06. The van der Waals surface area contributed by atoms with Crippen LogP contribution >= 0.6 is 0 Å². The van der Waals surface area contributed by atoms with Crippen LogP contribution in [0.4, 0.5) is 0 Å². The van der Waals surface area contributed by atoms with Gasteiger partial charge >= 0.3 is 0 Å². The number of benzene rings is 1. The SMILES string of the molecule is CC1OCCC1(O)CNC(=O)/C=C/c1ccc(O)cc1. The quantitative estimate of drug-likeness (QED) is 0.719. The number of hydrogen-bond donors (Lipinski definition) is 3. The third-order valence-electron chi connectivity index (χ3n) is 3.55. The van der Waals surface area contributed by atoms with Crippen LogP contribution < -0.4 is 5.32 Å². The first-order chi connectivity index (χ1) is 9.49. The zero-order chi connectivity index (χ0) is 14.6. The second-order valence-electron chi connectivity index (χ2n) is 5.01. The summed E-state index contributed by atoms with van der Waals surface area (Å²) < 4.78 is 5.30. The highest BCUT2D eigenvalue weighted by Crippen LogP contribution is 2.24. The minimum atomic E-state index is -0.984. The smallest absolute Gasteiger partial charge is 0.244 e. The Balaban J connectivity index is 1.85. The van der Waals surface area contributed by atoms with E-state index in [4.69, 9.17) is 9.84 Å². The van der Waals surface area contributed by atoms with Crippen molar-refractivity contribution < 1.29 is 19.7 Å². The van der Waals surface area contributed by atoms with Gasteiger partial charge in [0, 0.05) is 25.6 Å². The number of ether oxygens (including phenoxy) is 1. The van der Waals surface area contributed by atoms with Crippen LogP contribution in [0.1, 0.15) is 18.9 Å². The number of aromatic hydroxyl groups is 1. The molecule has 2 rings (SSSR count). The lowest BCUT2D eigenvalue weighted by molar-refractivity contribution is -0.118. The van der Waals surface area contributed by atoms with Crippen molar-refractivity contribution in [1.82, 2.24) is 5.32 Å². The highest BCUT2D eigenvalue weighted by atomic mass is 16.5. The monoisotopic (exact) mass is 277 g/mol. The predicted octanol–water partition coefficient (Wildman–Crippen LogP) is 1.06. The molecule has 0 bridgehead atoms. The molecule has 1 fully saturated rings. The number of carbonyl (C=O) groups excluding carboxylic acids is 1. The lowest BCUT2D eigenvalue weighted by Gasteiger charge is -2.25. The van der Waals surface area contributed by atoms with Gasteiger partial charge in [-0.1, -0.05) is 12.1 Å². The van der Waals surface area contributed by atoms with Crippen molar-refractivity contribution in [3.8, 4) is 5.75 Å². The minimum Gasteiger partial charge on any atom is -0.508 e. The number of nitrogens with one attached hydrogen (secondary N) is 1. The Bertz CT molecular complexity index is 497. The van der Waals surface area contributed by atoms with Crippen LogP contribution in [0.25, 0.3) is 6.08 Å². The molecule has 1 saturated heterocycles. The Labute approximate surface area is 117 Å². The highest BCUT2D eigenvalue weighted by Gasteiger charge is 2.39. The normalized spacial score (nSPS) is 26.0. The Hall–Kier alpha value is -1.85. The van der Waals surface area contributed by atoms with Gasteiger partial charge < -0.3 is 20.3 Å². The van der Waals surface area contributed by atoms with Crippen molar-refractivity contribution in [2.75, 3.05) is 13.2 Å². The molecule has 0 radical (unpaired) electrons. The van der Waals surface area contributed by atoms with Crippen LogP contribution in [-0.4, -0.2) is 41.0 Å². The van der Waals surface area contributed by atoms with E-state index in [1.54, 1.807) is 37.3 Å². The van der Waals surface area contributed by atoms with Gasteiger partial charge in [0.25, 0.3) is 0 Å². The lowest BCUT2D eigenvalue weighted by Crippen LogP contribution is -2.47.